The number of benzene rings is 1. The van der Waals surface area contributed by atoms with Crippen molar-refractivity contribution in [2.24, 2.45) is 0 Å². The van der Waals surface area contributed by atoms with Crippen LogP contribution < -0.4 is 4.90 Å². The van der Waals surface area contributed by atoms with Gasteiger partial charge in [-0.3, -0.25) is 0 Å². The van der Waals surface area contributed by atoms with Crippen molar-refractivity contribution in [3.8, 4) is 12.3 Å². The second-order valence-corrected chi connectivity index (χ2v) is 2.71. The summed E-state index contributed by atoms with van der Waals surface area (Å²) in [7, 11) is 2.05. The average molecular weight is 159 g/mol. The van der Waals surface area contributed by atoms with Gasteiger partial charge in [-0.25, -0.2) is 0 Å². The minimum atomic E-state index is 0.797. The molecule has 0 aromatic heterocycles. The summed E-state index contributed by atoms with van der Waals surface area (Å²) >= 11 is 0. The Morgan fingerprint density at radius 2 is 2.00 bits per heavy atom. The quantitative estimate of drug-likeness (QED) is 0.611. The first-order valence-corrected chi connectivity index (χ1v) is 4.04. The summed E-state index contributed by atoms with van der Waals surface area (Å²) in [4.78, 5) is 2.15. The molecule has 0 amide bonds. The number of para-hydroxylation sites is 1. The third-order valence-electron chi connectivity index (χ3n) is 1.79. The fraction of sp³-hybridized carbons (Fsp3) is 0.273. The summed E-state index contributed by atoms with van der Waals surface area (Å²) in [6.07, 6.45) is 5.98. The lowest BCUT2D eigenvalue weighted by molar-refractivity contribution is 0.913. The highest BCUT2D eigenvalue weighted by molar-refractivity contribution is 5.44. The van der Waals surface area contributed by atoms with E-state index < -0.39 is 0 Å². The highest BCUT2D eigenvalue weighted by Gasteiger charge is 1.96. The Morgan fingerprint density at radius 3 is 2.58 bits per heavy atom. The smallest absolute Gasteiger partial charge is 0.0363 e. The highest BCUT2D eigenvalue weighted by atomic mass is 15.1. The molecule has 0 unspecified atom stereocenters. The Kier molecular flexibility index (Phi) is 3.22. The molecule has 0 fully saturated rings. The van der Waals surface area contributed by atoms with Gasteiger partial charge in [-0.15, -0.1) is 12.3 Å². The molecule has 0 aliphatic carbocycles. The molecule has 1 nitrogen and oxygen atoms in total. The molecule has 1 heteroatoms. The van der Waals surface area contributed by atoms with Crippen LogP contribution >= 0.6 is 0 Å². The predicted octanol–water partition coefficient (Wildman–Crippen LogP) is 2.15. The summed E-state index contributed by atoms with van der Waals surface area (Å²) in [6, 6.07) is 10.2. The average Bonchev–Trinajstić information content (AvgIpc) is 2.15. The van der Waals surface area contributed by atoms with Crippen molar-refractivity contribution in [3.05, 3.63) is 30.3 Å². The second-order valence-electron chi connectivity index (χ2n) is 2.71. The Bertz CT molecular complexity index is 258. The fourth-order valence-corrected chi connectivity index (χ4v) is 1.04. The molecule has 0 spiro atoms. The second kappa shape index (κ2) is 4.46. The van der Waals surface area contributed by atoms with Crippen molar-refractivity contribution in [1.82, 2.24) is 0 Å². The summed E-state index contributed by atoms with van der Waals surface area (Å²) < 4.78 is 0. The van der Waals surface area contributed by atoms with Crippen LogP contribution in [0.3, 0.4) is 0 Å². The van der Waals surface area contributed by atoms with Crippen LogP contribution in [0.4, 0.5) is 5.69 Å². The van der Waals surface area contributed by atoms with Crippen LogP contribution in [0.15, 0.2) is 30.3 Å². The van der Waals surface area contributed by atoms with Crippen molar-refractivity contribution >= 4 is 5.69 Å². The lowest BCUT2D eigenvalue weighted by Gasteiger charge is -2.17. The van der Waals surface area contributed by atoms with Gasteiger partial charge in [0.15, 0.2) is 0 Å². The van der Waals surface area contributed by atoms with Gasteiger partial charge in [-0.2, -0.15) is 0 Å². The van der Waals surface area contributed by atoms with Gasteiger partial charge >= 0.3 is 0 Å². The van der Waals surface area contributed by atoms with Gasteiger partial charge in [-0.05, 0) is 12.1 Å². The van der Waals surface area contributed by atoms with Gasteiger partial charge in [0.25, 0.3) is 0 Å². The maximum Gasteiger partial charge on any atom is 0.0363 e. The van der Waals surface area contributed by atoms with Crippen LogP contribution in [0.1, 0.15) is 6.42 Å². The maximum atomic E-state index is 5.18. The zero-order valence-electron chi connectivity index (χ0n) is 7.33. The van der Waals surface area contributed by atoms with Gasteiger partial charge in [0.05, 0.1) is 0 Å². The van der Waals surface area contributed by atoms with Crippen molar-refractivity contribution in [2.75, 3.05) is 18.5 Å². The van der Waals surface area contributed by atoms with Crippen LogP contribution in [-0.2, 0) is 0 Å². The molecule has 0 aliphatic rings. The summed E-state index contributed by atoms with van der Waals surface area (Å²) in [5.41, 5.74) is 1.22. The molecule has 0 radical (unpaired) electrons. The molecule has 12 heavy (non-hydrogen) atoms. The molecule has 0 saturated heterocycles. The SMILES string of the molecule is C#CCCN(C)c1ccccc1. The number of nitrogens with zero attached hydrogens (tertiary/aromatic N) is 1. The van der Waals surface area contributed by atoms with E-state index in [4.69, 9.17) is 6.42 Å². The first kappa shape index (κ1) is 8.67. The van der Waals surface area contributed by atoms with E-state index in [-0.39, 0.29) is 0 Å². The van der Waals surface area contributed by atoms with Crippen molar-refractivity contribution in [1.29, 1.82) is 0 Å². The molecule has 0 heterocycles. The number of terminal acetylenes is 1. The van der Waals surface area contributed by atoms with E-state index in [0.717, 1.165) is 13.0 Å². The third-order valence-corrected chi connectivity index (χ3v) is 1.79. The molecule has 0 N–H and O–H groups in total. The fourth-order valence-electron chi connectivity index (χ4n) is 1.04. The van der Waals surface area contributed by atoms with Crippen LogP contribution in [0, 0.1) is 12.3 Å². The number of hydrogen-bond acceptors (Lipinski definition) is 1. The van der Waals surface area contributed by atoms with Crippen molar-refractivity contribution in [2.45, 2.75) is 6.42 Å². The molecule has 62 valence electrons. The van der Waals surface area contributed by atoms with Crippen LogP contribution in [0.2, 0.25) is 0 Å². The van der Waals surface area contributed by atoms with Gasteiger partial charge in [-0.1, -0.05) is 18.2 Å². The topological polar surface area (TPSA) is 3.24 Å². The zero-order chi connectivity index (χ0) is 8.81. The normalized spacial score (nSPS) is 9.00. The minimum Gasteiger partial charge on any atom is -0.374 e. The first-order valence-electron chi connectivity index (χ1n) is 4.04. The molecule has 1 aromatic rings. The Labute approximate surface area is 74.0 Å². The third kappa shape index (κ3) is 2.32. The van der Waals surface area contributed by atoms with E-state index in [1.165, 1.54) is 5.69 Å². The molecule has 1 rings (SSSR count). The Balaban J connectivity index is 2.55. The Morgan fingerprint density at radius 1 is 1.33 bits per heavy atom. The molecular weight excluding hydrogens is 146 g/mol. The van der Waals surface area contributed by atoms with Gasteiger partial charge in [0, 0.05) is 25.7 Å². The minimum absolute atomic E-state index is 0.797. The maximum absolute atomic E-state index is 5.18. The standard InChI is InChI=1S/C11H13N/c1-3-4-10-12(2)11-8-6-5-7-9-11/h1,5-9H,4,10H2,2H3. The summed E-state index contributed by atoms with van der Waals surface area (Å²) in [5, 5.41) is 0. The van der Waals surface area contributed by atoms with Crippen molar-refractivity contribution < 1.29 is 0 Å². The number of hydrogen-bond donors (Lipinski definition) is 0. The van der Waals surface area contributed by atoms with Crippen LogP contribution in [0.5, 0.6) is 0 Å². The first-order chi connectivity index (χ1) is 5.84. The molecule has 0 atom stereocenters. The van der Waals surface area contributed by atoms with Crippen LogP contribution in [-0.4, -0.2) is 13.6 Å². The van der Waals surface area contributed by atoms with Gasteiger partial charge < -0.3 is 4.90 Å². The molecular formula is C11H13N. The molecule has 0 aliphatic heterocycles. The van der Waals surface area contributed by atoms with Gasteiger partial charge in [0.2, 0.25) is 0 Å². The van der Waals surface area contributed by atoms with Crippen LogP contribution in [0.25, 0.3) is 0 Å². The van der Waals surface area contributed by atoms with E-state index in [1.54, 1.807) is 0 Å². The van der Waals surface area contributed by atoms with Crippen molar-refractivity contribution in [3.63, 3.8) is 0 Å². The zero-order valence-corrected chi connectivity index (χ0v) is 7.33. The summed E-state index contributed by atoms with van der Waals surface area (Å²) in [6.45, 7) is 0.917. The summed E-state index contributed by atoms with van der Waals surface area (Å²) in [5.74, 6) is 2.63. The monoisotopic (exact) mass is 159 g/mol. The lowest BCUT2D eigenvalue weighted by Crippen LogP contribution is -2.17. The Hall–Kier alpha value is -1.42. The van der Waals surface area contributed by atoms with E-state index in [2.05, 4.69) is 23.0 Å². The molecule has 0 saturated carbocycles. The number of rotatable bonds is 3. The van der Waals surface area contributed by atoms with E-state index >= 15 is 0 Å². The predicted molar refractivity (Wildman–Crippen MR) is 53.2 cm³/mol. The van der Waals surface area contributed by atoms with E-state index in [9.17, 15) is 0 Å². The molecule has 1 aromatic carbocycles. The van der Waals surface area contributed by atoms with Gasteiger partial charge in [0.1, 0.15) is 0 Å². The molecule has 0 bridgehead atoms. The number of anilines is 1. The lowest BCUT2D eigenvalue weighted by atomic mass is 10.3. The van der Waals surface area contributed by atoms with E-state index in [0.29, 0.717) is 0 Å². The van der Waals surface area contributed by atoms with E-state index in [1.807, 2.05) is 25.2 Å². The highest BCUT2D eigenvalue weighted by Crippen LogP contribution is 2.10. The largest absolute Gasteiger partial charge is 0.374 e.